The van der Waals surface area contributed by atoms with Crippen molar-refractivity contribution in [3.05, 3.63) is 29.1 Å². The maximum absolute atomic E-state index is 13.1. The molecule has 3 nitrogen and oxygen atoms in total. The number of ether oxygens (including phenoxy) is 1. The zero-order valence-corrected chi connectivity index (χ0v) is 7.30. The lowest BCUT2D eigenvalue weighted by atomic mass is 10.1. The van der Waals surface area contributed by atoms with Gasteiger partial charge in [-0.25, -0.2) is 9.18 Å². The molecule has 1 rings (SSSR count). The Morgan fingerprint density at radius 3 is 2.62 bits per heavy atom. The molecule has 0 amide bonds. The number of carboxylic acid groups (broad SMARTS) is 1. The first kappa shape index (κ1) is 9.51. The van der Waals surface area contributed by atoms with E-state index in [1.807, 2.05) is 0 Å². The maximum Gasteiger partial charge on any atom is 0.342 e. The number of benzene rings is 1. The third kappa shape index (κ3) is 1.77. The van der Waals surface area contributed by atoms with Crippen molar-refractivity contribution in [1.82, 2.24) is 0 Å². The number of hydrogen-bond donors (Lipinski definition) is 1. The van der Waals surface area contributed by atoms with Crippen LogP contribution in [0.15, 0.2) is 12.1 Å². The largest absolute Gasteiger partial charge is 0.496 e. The van der Waals surface area contributed by atoms with E-state index in [9.17, 15) is 9.18 Å². The van der Waals surface area contributed by atoms with Gasteiger partial charge in [0.15, 0.2) is 0 Å². The molecule has 4 heteroatoms. The van der Waals surface area contributed by atoms with Crippen molar-refractivity contribution in [2.24, 2.45) is 0 Å². The summed E-state index contributed by atoms with van der Waals surface area (Å²) < 4.78 is 17.8. The highest BCUT2D eigenvalue weighted by molar-refractivity contribution is 5.91. The summed E-state index contributed by atoms with van der Waals surface area (Å²) >= 11 is 0. The van der Waals surface area contributed by atoms with Crippen LogP contribution in [0.1, 0.15) is 15.9 Å². The molecule has 0 aromatic heterocycles. The van der Waals surface area contributed by atoms with E-state index in [4.69, 9.17) is 9.84 Å². The molecule has 0 radical (unpaired) electrons. The van der Waals surface area contributed by atoms with Crippen molar-refractivity contribution < 1.29 is 19.0 Å². The second-order valence-electron chi connectivity index (χ2n) is 2.63. The van der Waals surface area contributed by atoms with E-state index in [0.717, 1.165) is 6.07 Å². The van der Waals surface area contributed by atoms with Gasteiger partial charge in [0.2, 0.25) is 0 Å². The summed E-state index contributed by atoms with van der Waals surface area (Å²) in [4.78, 5) is 10.6. The Kier molecular flexibility index (Phi) is 2.51. The molecule has 0 spiro atoms. The Hall–Kier alpha value is -1.58. The lowest BCUT2D eigenvalue weighted by Crippen LogP contribution is -2.04. The minimum Gasteiger partial charge on any atom is -0.496 e. The quantitative estimate of drug-likeness (QED) is 0.762. The third-order valence-corrected chi connectivity index (χ3v) is 1.63. The van der Waals surface area contributed by atoms with Crippen molar-refractivity contribution in [3.8, 4) is 5.75 Å². The van der Waals surface area contributed by atoms with Crippen LogP contribution in [-0.2, 0) is 0 Å². The number of halogens is 1. The number of aryl methyl sites for hydroxylation is 1. The molecule has 0 aliphatic heterocycles. The van der Waals surface area contributed by atoms with Gasteiger partial charge < -0.3 is 9.84 Å². The van der Waals surface area contributed by atoms with Crippen molar-refractivity contribution in [1.29, 1.82) is 0 Å². The first-order valence-corrected chi connectivity index (χ1v) is 3.63. The summed E-state index contributed by atoms with van der Waals surface area (Å²) in [5.74, 6) is -2.05. The maximum atomic E-state index is 13.1. The third-order valence-electron chi connectivity index (χ3n) is 1.63. The molecular formula is C9H9FO3. The summed E-state index contributed by atoms with van der Waals surface area (Å²) in [5, 5.41) is 8.65. The number of carbonyl (C=O) groups is 1. The zero-order chi connectivity index (χ0) is 10.0. The second-order valence-corrected chi connectivity index (χ2v) is 2.63. The number of aromatic carboxylic acids is 1. The van der Waals surface area contributed by atoms with Gasteiger partial charge in [0.1, 0.15) is 17.1 Å². The first-order chi connectivity index (χ1) is 6.06. The van der Waals surface area contributed by atoms with Crippen LogP contribution in [0.5, 0.6) is 5.75 Å². The number of methoxy groups -OCH3 is 1. The lowest BCUT2D eigenvalue weighted by Gasteiger charge is -2.06. The molecular weight excluding hydrogens is 175 g/mol. The molecule has 0 aliphatic rings. The Morgan fingerprint density at radius 1 is 1.54 bits per heavy atom. The summed E-state index contributed by atoms with van der Waals surface area (Å²) in [6, 6.07) is 2.64. The van der Waals surface area contributed by atoms with Crippen LogP contribution in [0, 0.1) is 12.7 Å². The van der Waals surface area contributed by atoms with Gasteiger partial charge in [-0.3, -0.25) is 0 Å². The van der Waals surface area contributed by atoms with Gasteiger partial charge in [0.25, 0.3) is 0 Å². The summed E-state index contributed by atoms with van der Waals surface area (Å²) in [7, 11) is 1.31. The Labute approximate surface area is 74.8 Å². The van der Waals surface area contributed by atoms with Crippen LogP contribution >= 0.6 is 0 Å². The Bertz CT molecular complexity index is 347. The molecule has 0 saturated heterocycles. The topological polar surface area (TPSA) is 46.5 Å². The van der Waals surface area contributed by atoms with Gasteiger partial charge in [-0.1, -0.05) is 0 Å². The summed E-state index contributed by atoms with van der Waals surface area (Å²) in [5.41, 5.74) is 0.201. The summed E-state index contributed by atoms with van der Waals surface area (Å²) in [6.07, 6.45) is 0. The Morgan fingerprint density at radius 2 is 2.15 bits per heavy atom. The molecule has 0 saturated carbocycles. The molecule has 0 fully saturated rings. The average Bonchev–Trinajstić information content (AvgIpc) is 2.01. The molecule has 0 atom stereocenters. The highest BCUT2D eigenvalue weighted by atomic mass is 19.1. The molecule has 1 aromatic carbocycles. The van der Waals surface area contributed by atoms with E-state index >= 15 is 0 Å². The van der Waals surface area contributed by atoms with Gasteiger partial charge >= 0.3 is 5.97 Å². The number of carboxylic acids is 1. The number of rotatable bonds is 2. The normalized spacial score (nSPS) is 9.77. The molecule has 0 unspecified atom stereocenters. The predicted molar refractivity (Wildman–Crippen MR) is 44.6 cm³/mol. The van der Waals surface area contributed by atoms with E-state index < -0.39 is 17.3 Å². The standard InChI is InChI=1S/C9H9FO3/c1-5-3-6(10)8(9(11)12)7(4-5)13-2/h3-4H,1-2H3,(H,11,12). The molecule has 1 aromatic rings. The number of hydrogen-bond acceptors (Lipinski definition) is 2. The van der Waals surface area contributed by atoms with E-state index in [2.05, 4.69) is 0 Å². The minimum atomic E-state index is -1.32. The van der Waals surface area contributed by atoms with E-state index in [-0.39, 0.29) is 5.75 Å². The Balaban J connectivity index is 3.38. The second kappa shape index (κ2) is 3.43. The minimum absolute atomic E-state index is 0.0463. The summed E-state index contributed by atoms with van der Waals surface area (Å²) in [6.45, 7) is 1.66. The highest BCUT2D eigenvalue weighted by Gasteiger charge is 2.16. The predicted octanol–water partition coefficient (Wildman–Crippen LogP) is 1.84. The van der Waals surface area contributed by atoms with Crippen LogP contribution in [0.4, 0.5) is 4.39 Å². The molecule has 70 valence electrons. The molecule has 0 aliphatic carbocycles. The van der Waals surface area contributed by atoms with Crippen molar-refractivity contribution >= 4 is 5.97 Å². The monoisotopic (exact) mass is 184 g/mol. The van der Waals surface area contributed by atoms with Gasteiger partial charge in [-0.2, -0.15) is 0 Å². The van der Waals surface area contributed by atoms with E-state index in [1.165, 1.54) is 13.2 Å². The smallest absolute Gasteiger partial charge is 0.342 e. The highest BCUT2D eigenvalue weighted by Crippen LogP contribution is 2.23. The van der Waals surface area contributed by atoms with Gasteiger partial charge in [-0.15, -0.1) is 0 Å². The van der Waals surface area contributed by atoms with Crippen LogP contribution in [0.2, 0.25) is 0 Å². The van der Waals surface area contributed by atoms with Crippen molar-refractivity contribution in [3.63, 3.8) is 0 Å². The molecule has 0 heterocycles. The van der Waals surface area contributed by atoms with Gasteiger partial charge in [-0.05, 0) is 24.6 Å². The molecule has 1 N–H and O–H groups in total. The van der Waals surface area contributed by atoms with Crippen LogP contribution in [0.25, 0.3) is 0 Å². The van der Waals surface area contributed by atoms with E-state index in [0.29, 0.717) is 5.56 Å². The first-order valence-electron chi connectivity index (χ1n) is 3.63. The van der Waals surface area contributed by atoms with Crippen molar-refractivity contribution in [2.75, 3.05) is 7.11 Å². The van der Waals surface area contributed by atoms with Gasteiger partial charge in [0, 0.05) is 0 Å². The van der Waals surface area contributed by atoms with Crippen LogP contribution < -0.4 is 4.74 Å². The van der Waals surface area contributed by atoms with Crippen molar-refractivity contribution in [2.45, 2.75) is 6.92 Å². The fourth-order valence-electron chi connectivity index (χ4n) is 1.08. The molecule has 0 bridgehead atoms. The van der Waals surface area contributed by atoms with Crippen LogP contribution in [0.3, 0.4) is 0 Å². The van der Waals surface area contributed by atoms with Gasteiger partial charge in [0.05, 0.1) is 7.11 Å². The molecule has 13 heavy (non-hydrogen) atoms. The lowest BCUT2D eigenvalue weighted by molar-refractivity contribution is 0.0688. The van der Waals surface area contributed by atoms with Crippen LogP contribution in [-0.4, -0.2) is 18.2 Å². The fraction of sp³-hybridized carbons (Fsp3) is 0.222. The van der Waals surface area contributed by atoms with E-state index in [1.54, 1.807) is 6.92 Å². The zero-order valence-electron chi connectivity index (χ0n) is 7.30. The SMILES string of the molecule is COc1cc(C)cc(F)c1C(=O)O. The fourth-order valence-corrected chi connectivity index (χ4v) is 1.08. The average molecular weight is 184 g/mol.